The second-order valence-corrected chi connectivity index (χ2v) is 12.8. The van der Waals surface area contributed by atoms with Crippen molar-refractivity contribution in [3.05, 3.63) is 182 Å². The van der Waals surface area contributed by atoms with E-state index in [1.807, 2.05) is 24.3 Å². The third kappa shape index (κ3) is 4.88. The van der Waals surface area contributed by atoms with Crippen LogP contribution in [-0.2, 0) is 0 Å². The smallest absolute Gasteiger partial charge is 0.160 e. The average molecular weight is 651 g/mol. The lowest BCUT2D eigenvalue weighted by atomic mass is 9.91. The number of aromatic nitrogens is 4. The predicted molar refractivity (Wildman–Crippen MR) is 211 cm³/mol. The van der Waals surface area contributed by atoms with E-state index in [2.05, 4.69) is 162 Å². The Kier molecular flexibility index (Phi) is 6.78. The van der Waals surface area contributed by atoms with Crippen LogP contribution in [0.15, 0.2) is 182 Å². The van der Waals surface area contributed by atoms with Crippen molar-refractivity contribution in [2.75, 3.05) is 0 Å². The molecule has 0 aliphatic rings. The van der Waals surface area contributed by atoms with Gasteiger partial charge in [0.15, 0.2) is 5.82 Å². The Balaban J connectivity index is 1.28. The molecule has 51 heavy (non-hydrogen) atoms. The molecule has 0 saturated carbocycles. The lowest BCUT2D eigenvalue weighted by Crippen LogP contribution is -1.96. The summed E-state index contributed by atoms with van der Waals surface area (Å²) in [4.78, 5) is 15.2. The van der Waals surface area contributed by atoms with E-state index in [-0.39, 0.29) is 0 Å². The molecule has 4 nitrogen and oxygen atoms in total. The Morgan fingerprint density at radius 3 is 1.78 bits per heavy atom. The second-order valence-electron chi connectivity index (χ2n) is 12.8. The standard InChI is InChI=1S/C47H30N4/c1-4-15-31(16-5-1)41-29-42(50-47(49-41)32-17-6-2-7-18-32)33-19-14-20-34(27-33)45-39-30-48-40-25-12-10-23-36(40)38(39)28-44-46(45)37-24-11-13-26-43(37)51(44)35-21-8-3-9-22-35/h1-30H. The van der Waals surface area contributed by atoms with Gasteiger partial charge >= 0.3 is 0 Å². The number of benzene rings is 7. The van der Waals surface area contributed by atoms with E-state index in [0.29, 0.717) is 5.82 Å². The van der Waals surface area contributed by atoms with Gasteiger partial charge in [-0.3, -0.25) is 4.98 Å². The molecule has 3 aromatic heterocycles. The molecule has 4 heteroatoms. The fourth-order valence-electron chi connectivity index (χ4n) is 7.51. The molecule has 0 bridgehead atoms. The first-order valence-corrected chi connectivity index (χ1v) is 17.2. The first kappa shape index (κ1) is 29.0. The fourth-order valence-corrected chi connectivity index (χ4v) is 7.51. The molecule has 238 valence electrons. The SMILES string of the molecule is c1ccc(-c2cc(-c3cccc(-c4c5cnc6ccccc6c5cc5c4c4ccccc4n5-c4ccccc4)c3)nc(-c3ccccc3)n2)cc1. The third-order valence-electron chi connectivity index (χ3n) is 9.82. The molecule has 0 aliphatic carbocycles. The zero-order chi connectivity index (χ0) is 33.7. The maximum atomic E-state index is 5.17. The number of para-hydroxylation sites is 3. The topological polar surface area (TPSA) is 43.6 Å². The number of rotatable bonds is 5. The van der Waals surface area contributed by atoms with Crippen LogP contribution in [0.4, 0.5) is 0 Å². The summed E-state index contributed by atoms with van der Waals surface area (Å²) in [6, 6.07) is 61.6. The molecule has 0 amide bonds. The number of pyridine rings is 1. The zero-order valence-electron chi connectivity index (χ0n) is 27.6. The van der Waals surface area contributed by atoms with E-state index in [9.17, 15) is 0 Å². The highest BCUT2D eigenvalue weighted by atomic mass is 15.0. The molecule has 0 radical (unpaired) electrons. The summed E-state index contributed by atoms with van der Waals surface area (Å²) in [6.07, 6.45) is 2.06. The molecule has 0 saturated heterocycles. The second kappa shape index (κ2) is 11.9. The largest absolute Gasteiger partial charge is 0.309 e. The minimum absolute atomic E-state index is 0.700. The first-order valence-electron chi connectivity index (χ1n) is 17.2. The molecule has 0 unspecified atom stereocenters. The van der Waals surface area contributed by atoms with Crippen LogP contribution < -0.4 is 0 Å². The summed E-state index contributed by atoms with van der Waals surface area (Å²) in [5.74, 6) is 0.700. The first-order chi connectivity index (χ1) is 25.3. The molecular formula is C47H30N4. The van der Waals surface area contributed by atoms with Gasteiger partial charge in [-0.25, -0.2) is 9.97 Å². The van der Waals surface area contributed by atoms with Gasteiger partial charge in [0.1, 0.15) is 0 Å². The summed E-state index contributed by atoms with van der Waals surface area (Å²) in [5.41, 5.74) is 11.5. The zero-order valence-corrected chi connectivity index (χ0v) is 27.6. The van der Waals surface area contributed by atoms with Crippen molar-refractivity contribution in [3.63, 3.8) is 0 Å². The third-order valence-corrected chi connectivity index (χ3v) is 9.82. The Morgan fingerprint density at radius 2 is 1.00 bits per heavy atom. The van der Waals surface area contributed by atoms with Crippen LogP contribution in [0.5, 0.6) is 0 Å². The molecule has 0 aliphatic heterocycles. The van der Waals surface area contributed by atoms with Gasteiger partial charge in [-0.1, -0.05) is 133 Å². The molecule has 0 spiro atoms. The quantitative estimate of drug-likeness (QED) is 0.174. The molecule has 3 heterocycles. The minimum atomic E-state index is 0.700. The van der Waals surface area contributed by atoms with E-state index in [1.54, 1.807) is 0 Å². The van der Waals surface area contributed by atoms with Crippen molar-refractivity contribution in [3.8, 4) is 50.7 Å². The molecule has 10 aromatic rings. The Labute approximate surface area is 295 Å². The van der Waals surface area contributed by atoms with Crippen LogP contribution in [0, 0.1) is 0 Å². The van der Waals surface area contributed by atoms with Gasteiger partial charge < -0.3 is 4.57 Å². The average Bonchev–Trinajstić information content (AvgIpc) is 3.54. The van der Waals surface area contributed by atoms with Crippen LogP contribution >= 0.6 is 0 Å². The van der Waals surface area contributed by atoms with Crippen molar-refractivity contribution in [2.45, 2.75) is 0 Å². The monoisotopic (exact) mass is 650 g/mol. The summed E-state index contributed by atoms with van der Waals surface area (Å²) in [6.45, 7) is 0. The highest BCUT2D eigenvalue weighted by Gasteiger charge is 2.21. The highest BCUT2D eigenvalue weighted by molar-refractivity contribution is 6.26. The molecule has 0 fully saturated rings. The maximum Gasteiger partial charge on any atom is 0.160 e. The number of hydrogen-bond acceptors (Lipinski definition) is 3. The maximum absolute atomic E-state index is 5.17. The van der Waals surface area contributed by atoms with Gasteiger partial charge in [0.25, 0.3) is 0 Å². The number of hydrogen-bond donors (Lipinski definition) is 0. The van der Waals surface area contributed by atoms with E-state index in [0.717, 1.165) is 66.7 Å². The lowest BCUT2D eigenvalue weighted by Gasteiger charge is -2.15. The van der Waals surface area contributed by atoms with Gasteiger partial charge in [0.05, 0.1) is 27.9 Å². The van der Waals surface area contributed by atoms with Crippen LogP contribution in [-0.4, -0.2) is 19.5 Å². The van der Waals surface area contributed by atoms with Gasteiger partial charge in [-0.2, -0.15) is 0 Å². The van der Waals surface area contributed by atoms with E-state index in [4.69, 9.17) is 15.0 Å². The highest BCUT2D eigenvalue weighted by Crippen LogP contribution is 2.45. The van der Waals surface area contributed by atoms with E-state index in [1.165, 1.54) is 21.7 Å². The molecule has 7 aromatic carbocycles. The summed E-state index contributed by atoms with van der Waals surface area (Å²) in [7, 11) is 0. The van der Waals surface area contributed by atoms with Gasteiger partial charge in [-0.05, 0) is 53.4 Å². The fraction of sp³-hybridized carbons (Fsp3) is 0. The summed E-state index contributed by atoms with van der Waals surface area (Å²) in [5, 5.41) is 5.83. The Hall–Kier alpha value is -6.91. The Bertz CT molecular complexity index is 2840. The van der Waals surface area contributed by atoms with Crippen molar-refractivity contribution in [1.82, 2.24) is 19.5 Å². The normalized spacial score (nSPS) is 11.5. The van der Waals surface area contributed by atoms with Crippen molar-refractivity contribution < 1.29 is 0 Å². The van der Waals surface area contributed by atoms with Crippen LogP contribution in [0.25, 0.3) is 94.2 Å². The van der Waals surface area contributed by atoms with Gasteiger partial charge in [-0.15, -0.1) is 0 Å². The molecule has 0 atom stereocenters. The predicted octanol–water partition coefficient (Wildman–Crippen LogP) is 11.9. The molecular weight excluding hydrogens is 621 g/mol. The summed E-state index contributed by atoms with van der Waals surface area (Å²) < 4.78 is 2.40. The summed E-state index contributed by atoms with van der Waals surface area (Å²) >= 11 is 0. The number of nitrogens with zero attached hydrogens (tertiary/aromatic N) is 4. The minimum Gasteiger partial charge on any atom is -0.309 e. The number of fused-ring (bicyclic) bond motifs is 6. The van der Waals surface area contributed by atoms with Crippen molar-refractivity contribution in [2.24, 2.45) is 0 Å². The van der Waals surface area contributed by atoms with E-state index >= 15 is 0 Å². The van der Waals surface area contributed by atoms with Gasteiger partial charge in [0.2, 0.25) is 0 Å². The van der Waals surface area contributed by atoms with Gasteiger partial charge in [0, 0.05) is 55.7 Å². The van der Waals surface area contributed by atoms with Crippen molar-refractivity contribution in [1.29, 1.82) is 0 Å². The van der Waals surface area contributed by atoms with Crippen LogP contribution in [0.3, 0.4) is 0 Å². The van der Waals surface area contributed by atoms with Crippen LogP contribution in [0.2, 0.25) is 0 Å². The molecule has 10 rings (SSSR count). The van der Waals surface area contributed by atoms with Crippen molar-refractivity contribution >= 4 is 43.5 Å². The van der Waals surface area contributed by atoms with Crippen LogP contribution in [0.1, 0.15) is 0 Å². The Morgan fingerprint density at radius 1 is 0.392 bits per heavy atom. The lowest BCUT2D eigenvalue weighted by molar-refractivity contribution is 1.18. The molecule has 0 N–H and O–H groups in total. The van der Waals surface area contributed by atoms with E-state index < -0.39 is 0 Å².